The lowest BCUT2D eigenvalue weighted by Gasteiger charge is -2.47. The summed E-state index contributed by atoms with van der Waals surface area (Å²) in [6, 6.07) is 0. The van der Waals surface area contributed by atoms with Crippen molar-refractivity contribution in [3.05, 3.63) is 0 Å². The highest BCUT2D eigenvalue weighted by Crippen LogP contribution is 2.41. The summed E-state index contributed by atoms with van der Waals surface area (Å²) in [7, 11) is 0. The summed E-state index contributed by atoms with van der Waals surface area (Å²) in [5.74, 6) is 1.69. The molecule has 1 aliphatic heterocycles. The van der Waals surface area contributed by atoms with Crippen molar-refractivity contribution >= 4 is 6.09 Å². The van der Waals surface area contributed by atoms with Crippen LogP contribution in [0.3, 0.4) is 0 Å². The monoisotopic (exact) mass is 269 g/mol. The molecule has 4 nitrogen and oxygen atoms in total. The van der Waals surface area contributed by atoms with E-state index in [-0.39, 0.29) is 12.7 Å². The normalized spacial score (nSPS) is 31.2. The first-order valence-electron chi connectivity index (χ1n) is 7.49. The number of aliphatic hydroxyl groups excluding tert-OH is 1. The molecular formula is C15H27NO3. The number of likely N-dealkylation sites (tertiary alicyclic amines) is 1. The van der Waals surface area contributed by atoms with E-state index in [1.165, 1.54) is 19.3 Å². The van der Waals surface area contributed by atoms with Crippen LogP contribution in [0.25, 0.3) is 0 Å². The van der Waals surface area contributed by atoms with Crippen LogP contribution >= 0.6 is 0 Å². The van der Waals surface area contributed by atoms with E-state index in [1.54, 1.807) is 0 Å². The van der Waals surface area contributed by atoms with Crippen molar-refractivity contribution in [2.24, 2.45) is 17.8 Å². The zero-order chi connectivity index (χ0) is 14.0. The fraction of sp³-hybridized carbons (Fsp3) is 0.933. The Kier molecular flexibility index (Phi) is 4.39. The van der Waals surface area contributed by atoms with Gasteiger partial charge in [0.1, 0.15) is 5.60 Å². The summed E-state index contributed by atoms with van der Waals surface area (Å²) in [4.78, 5) is 14.0. The molecule has 2 fully saturated rings. The lowest BCUT2D eigenvalue weighted by molar-refractivity contribution is -0.0200. The third-order valence-electron chi connectivity index (χ3n) is 4.38. The number of piperidine rings is 1. The van der Waals surface area contributed by atoms with E-state index < -0.39 is 5.60 Å². The molecule has 0 aromatic heterocycles. The number of aliphatic hydroxyl groups is 1. The Morgan fingerprint density at radius 1 is 1.26 bits per heavy atom. The van der Waals surface area contributed by atoms with E-state index in [1.807, 2.05) is 25.7 Å². The van der Waals surface area contributed by atoms with Crippen LogP contribution in [0.5, 0.6) is 0 Å². The zero-order valence-electron chi connectivity index (χ0n) is 12.4. The molecule has 2 atom stereocenters. The van der Waals surface area contributed by atoms with Crippen molar-refractivity contribution in [2.75, 3.05) is 19.7 Å². The van der Waals surface area contributed by atoms with Gasteiger partial charge in [-0.1, -0.05) is 6.42 Å². The fourth-order valence-electron chi connectivity index (χ4n) is 3.65. The number of hydrogen-bond donors (Lipinski definition) is 1. The maximum atomic E-state index is 12.2. The standard InChI is InChI=1S/C15H27NO3/c1-15(2,3)19-14(18)16-9-11-5-4-6-12(10-16)13(11)7-8-17/h11-13,17H,4-10H2,1-3H3. The first-order chi connectivity index (χ1) is 8.90. The summed E-state index contributed by atoms with van der Waals surface area (Å²) in [5, 5.41) is 9.20. The molecule has 1 saturated heterocycles. The third kappa shape index (κ3) is 3.62. The molecule has 2 unspecified atom stereocenters. The summed E-state index contributed by atoms with van der Waals surface area (Å²) in [5.41, 5.74) is -0.422. The van der Waals surface area contributed by atoms with Gasteiger partial charge in [-0.2, -0.15) is 0 Å². The van der Waals surface area contributed by atoms with E-state index >= 15 is 0 Å². The predicted octanol–water partition coefficient (Wildman–Crippen LogP) is 2.65. The molecule has 4 heteroatoms. The minimum Gasteiger partial charge on any atom is -0.444 e. The SMILES string of the molecule is CC(C)(C)OC(=O)N1CC2CCCC(C1)C2CCO. The molecule has 1 saturated carbocycles. The summed E-state index contributed by atoms with van der Waals surface area (Å²) in [6.07, 6.45) is 4.34. The van der Waals surface area contributed by atoms with Crippen molar-refractivity contribution < 1.29 is 14.6 Å². The van der Waals surface area contributed by atoms with Gasteiger partial charge in [-0.15, -0.1) is 0 Å². The second-order valence-corrected chi connectivity index (χ2v) is 7.01. The Morgan fingerprint density at radius 3 is 2.32 bits per heavy atom. The first-order valence-corrected chi connectivity index (χ1v) is 7.49. The van der Waals surface area contributed by atoms with Gasteiger partial charge in [-0.25, -0.2) is 4.79 Å². The van der Waals surface area contributed by atoms with Gasteiger partial charge in [0, 0.05) is 19.7 Å². The molecule has 0 spiro atoms. The van der Waals surface area contributed by atoms with Crippen molar-refractivity contribution in [1.82, 2.24) is 4.90 Å². The molecule has 2 rings (SSSR count). The molecule has 19 heavy (non-hydrogen) atoms. The van der Waals surface area contributed by atoms with Crippen LogP contribution in [0.4, 0.5) is 4.79 Å². The third-order valence-corrected chi connectivity index (χ3v) is 4.38. The number of carbonyl (C=O) groups is 1. The van der Waals surface area contributed by atoms with Crippen LogP contribution in [-0.4, -0.2) is 41.4 Å². The number of nitrogens with zero attached hydrogens (tertiary/aromatic N) is 1. The molecule has 110 valence electrons. The minimum atomic E-state index is -0.422. The van der Waals surface area contributed by atoms with Crippen LogP contribution in [0, 0.1) is 17.8 Å². The van der Waals surface area contributed by atoms with Gasteiger partial charge in [-0.3, -0.25) is 0 Å². The Morgan fingerprint density at radius 2 is 1.84 bits per heavy atom. The van der Waals surface area contributed by atoms with Gasteiger partial charge in [0.15, 0.2) is 0 Å². The van der Waals surface area contributed by atoms with Crippen LogP contribution in [0.15, 0.2) is 0 Å². The largest absolute Gasteiger partial charge is 0.444 e. The molecule has 1 aliphatic carbocycles. The Bertz CT molecular complexity index is 310. The highest BCUT2D eigenvalue weighted by Gasteiger charge is 2.41. The molecular weight excluding hydrogens is 242 g/mol. The van der Waals surface area contributed by atoms with Crippen molar-refractivity contribution in [2.45, 2.75) is 52.1 Å². The van der Waals surface area contributed by atoms with Crippen LogP contribution < -0.4 is 0 Å². The number of carbonyl (C=O) groups excluding carboxylic acids is 1. The highest BCUT2D eigenvalue weighted by atomic mass is 16.6. The molecule has 2 aliphatic rings. The van der Waals surface area contributed by atoms with E-state index in [2.05, 4.69) is 0 Å². The van der Waals surface area contributed by atoms with Gasteiger partial charge in [0.05, 0.1) is 0 Å². The number of rotatable bonds is 2. The highest BCUT2D eigenvalue weighted by molar-refractivity contribution is 5.68. The zero-order valence-corrected chi connectivity index (χ0v) is 12.4. The van der Waals surface area contributed by atoms with E-state index in [0.29, 0.717) is 17.8 Å². The van der Waals surface area contributed by atoms with Gasteiger partial charge in [0.2, 0.25) is 0 Å². The predicted molar refractivity (Wildman–Crippen MR) is 73.8 cm³/mol. The smallest absolute Gasteiger partial charge is 0.410 e. The maximum absolute atomic E-state index is 12.2. The van der Waals surface area contributed by atoms with Gasteiger partial charge >= 0.3 is 6.09 Å². The topological polar surface area (TPSA) is 49.8 Å². The average molecular weight is 269 g/mol. The maximum Gasteiger partial charge on any atom is 0.410 e. The van der Waals surface area contributed by atoms with Gasteiger partial charge in [0.25, 0.3) is 0 Å². The summed E-state index contributed by atoms with van der Waals surface area (Å²) in [6.45, 7) is 7.59. The molecule has 2 bridgehead atoms. The number of fused-ring (bicyclic) bond motifs is 2. The second-order valence-electron chi connectivity index (χ2n) is 7.01. The molecule has 1 amide bonds. The lowest BCUT2D eigenvalue weighted by atomic mass is 9.68. The average Bonchev–Trinajstić information content (AvgIpc) is 2.26. The van der Waals surface area contributed by atoms with Gasteiger partial charge in [-0.05, 0) is 57.8 Å². The molecule has 1 N–H and O–H groups in total. The van der Waals surface area contributed by atoms with Crippen molar-refractivity contribution in [3.8, 4) is 0 Å². The van der Waals surface area contributed by atoms with Crippen molar-refractivity contribution in [1.29, 1.82) is 0 Å². The molecule has 0 aromatic carbocycles. The Balaban J connectivity index is 1.98. The van der Waals surface area contributed by atoms with Crippen LogP contribution in [-0.2, 0) is 4.74 Å². The fourth-order valence-corrected chi connectivity index (χ4v) is 3.65. The number of hydrogen-bond acceptors (Lipinski definition) is 3. The second kappa shape index (κ2) is 5.70. The van der Waals surface area contributed by atoms with E-state index in [0.717, 1.165) is 19.5 Å². The number of amides is 1. The first kappa shape index (κ1) is 14.6. The summed E-state index contributed by atoms with van der Waals surface area (Å²) < 4.78 is 5.48. The Hall–Kier alpha value is -0.770. The molecule has 0 aromatic rings. The lowest BCUT2D eigenvalue weighted by Crippen LogP contribution is -2.51. The van der Waals surface area contributed by atoms with E-state index in [4.69, 9.17) is 4.74 Å². The number of ether oxygens (including phenoxy) is 1. The van der Waals surface area contributed by atoms with Crippen LogP contribution in [0.2, 0.25) is 0 Å². The Labute approximate surface area is 116 Å². The quantitative estimate of drug-likeness (QED) is 0.838. The molecule has 1 heterocycles. The van der Waals surface area contributed by atoms with Crippen LogP contribution in [0.1, 0.15) is 46.5 Å². The summed E-state index contributed by atoms with van der Waals surface area (Å²) >= 11 is 0. The van der Waals surface area contributed by atoms with E-state index in [9.17, 15) is 9.90 Å². The van der Waals surface area contributed by atoms with Crippen molar-refractivity contribution in [3.63, 3.8) is 0 Å². The van der Waals surface area contributed by atoms with Gasteiger partial charge < -0.3 is 14.7 Å². The molecule has 0 radical (unpaired) electrons. The minimum absolute atomic E-state index is 0.174.